The molecule has 4 nitrogen and oxygen atoms in total. The van der Waals surface area contributed by atoms with Crippen LogP contribution in [-0.2, 0) is 11.3 Å². The second kappa shape index (κ2) is 4.66. The molecule has 0 atom stereocenters. The fourth-order valence-electron chi connectivity index (χ4n) is 1.65. The summed E-state index contributed by atoms with van der Waals surface area (Å²) in [5.41, 5.74) is 0. The first-order valence-electron chi connectivity index (χ1n) is 5.17. The normalized spacial score (nSPS) is 16.1. The van der Waals surface area contributed by atoms with Gasteiger partial charge in [-0.05, 0) is 18.8 Å². The Kier molecular flexibility index (Phi) is 3.26. The third-order valence-corrected chi connectivity index (χ3v) is 2.94. The van der Waals surface area contributed by atoms with Crippen LogP contribution in [0.3, 0.4) is 0 Å². The fourth-order valence-corrected chi connectivity index (χ4v) is 1.71. The van der Waals surface area contributed by atoms with Gasteiger partial charge in [0.15, 0.2) is 5.82 Å². The van der Waals surface area contributed by atoms with Crippen LogP contribution >= 0.6 is 11.6 Å². The maximum absolute atomic E-state index is 11.0. The highest BCUT2D eigenvalue weighted by molar-refractivity contribution is 6.28. The van der Waals surface area contributed by atoms with Crippen molar-refractivity contribution >= 4 is 23.3 Å². The highest BCUT2D eigenvalue weighted by Crippen LogP contribution is 2.27. The van der Waals surface area contributed by atoms with Crippen LogP contribution in [0.15, 0.2) is 12.3 Å². The molecule has 0 unspecified atom stereocenters. The number of nitrogens with one attached hydrogen (secondary N) is 1. The summed E-state index contributed by atoms with van der Waals surface area (Å²) in [5, 5.41) is 6.86. The lowest BCUT2D eigenvalue weighted by molar-refractivity contribution is -0.113. The van der Waals surface area contributed by atoms with Gasteiger partial charge in [-0.2, -0.15) is 5.10 Å². The number of alkyl halides is 1. The van der Waals surface area contributed by atoms with Crippen LogP contribution in [0.5, 0.6) is 0 Å². The zero-order chi connectivity index (χ0) is 10.7. The zero-order valence-electron chi connectivity index (χ0n) is 8.45. The van der Waals surface area contributed by atoms with E-state index in [1.54, 1.807) is 6.07 Å². The standard InChI is InChI=1S/C10H14ClN3O/c11-6-10(15)12-9-4-5-14(13-9)7-8-2-1-3-8/h4-5,8H,1-3,6-7H2,(H,12,13,15). The van der Waals surface area contributed by atoms with Gasteiger partial charge in [-0.15, -0.1) is 11.6 Å². The maximum Gasteiger partial charge on any atom is 0.240 e. The van der Waals surface area contributed by atoms with Gasteiger partial charge in [-0.1, -0.05) is 6.42 Å². The first-order chi connectivity index (χ1) is 7.28. The fraction of sp³-hybridized carbons (Fsp3) is 0.600. The first-order valence-corrected chi connectivity index (χ1v) is 5.70. The molecule has 0 aliphatic heterocycles. The summed E-state index contributed by atoms with van der Waals surface area (Å²) in [5.74, 6) is 1.10. The lowest BCUT2D eigenvalue weighted by Gasteiger charge is -2.24. The number of rotatable bonds is 4. The topological polar surface area (TPSA) is 46.9 Å². The molecule has 1 aliphatic carbocycles. The molecule has 2 rings (SSSR count). The van der Waals surface area contributed by atoms with Crippen molar-refractivity contribution in [2.75, 3.05) is 11.2 Å². The van der Waals surface area contributed by atoms with Crippen LogP contribution < -0.4 is 5.32 Å². The SMILES string of the molecule is O=C(CCl)Nc1ccn(CC2CCC2)n1. The molecule has 0 aromatic carbocycles. The molecule has 1 saturated carbocycles. The van der Waals surface area contributed by atoms with Crippen LogP contribution in [0.2, 0.25) is 0 Å². The molecule has 82 valence electrons. The van der Waals surface area contributed by atoms with E-state index in [9.17, 15) is 4.79 Å². The molecule has 1 aromatic heterocycles. The smallest absolute Gasteiger partial charge is 0.240 e. The van der Waals surface area contributed by atoms with Gasteiger partial charge >= 0.3 is 0 Å². The molecule has 0 saturated heterocycles. The van der Waals surface area contributed by atoms with Crippen LogP contribution in [0.25, 0.3) is 0 Å². The highest BCUT2D eigenvalue weighted by Gasteiger charge is 2.18. The molecular formula is C10H14ClN3O. The summed E-state index contributed by atoms with van der Waals surface area (Å²) in [6.07, 6.45) is 5.82. The lowest BCUT2D eigenvalue weighted by atomic mass is 9.85. The predicted octanol–water partition coefficient (Wildman–Crippen LogP) is 1.86. The van der Waals surface area contributed by atoms with Gasteiger partial charge in [0.05, 0.1) is 0 Å². The van der Waals surface area contributed by atoms with E-state index in [-0.39, 0.29) is 11.8 Å². The highest BCUT2D eigenvalue weighted by atomic mass is 35.5. The molecule has 1 amide bonds. The van der Waals surface area contributed by atoms with Crippen molar-refractivity contribution in [3.05, 3.63) is 12.3 Å². The van der Waals surface area contributed by atoms with E-state index in [1.165, 1.54) is 19.3 Å². The second-order valence-electron chi connectivity index (χ2n) is 3.90. The van der Waals surface area contributed by atoms with E-state index < -0.39 is 0 Å². The Hall–Kier alpha value is -1.03. The molecule has 1 N–H and O–H groups in total. The summed E-state index contributed by atoms with van der Waals surface area (Å²) in [7, 11) is 0. The first kappa shape index (κ1) is 10.5. The van der Waals surface area contributed by atoms with E-state index >= 15 is 0 Å². The van der Waals surface area contributed by atoms with E-state index in [1.807, 2.05) is 10.9 Å². The van der Waals surface area contributed by atoms with Gasteiger partial charge < -0.3 is 5.32 Å². The Morgan fingerprint density at radius 3 is 3.07 bits per heavy atom. The average molecular weight is 228 g/mol. The largest absolute Gasteiger partial charge is 0.308 e. The number of carbonyl (C=O) groups excluding carboxylic acids is 1. The molecule has 5 heteroatoms. The second-order valence-corrected chi connectivity index (χ2v) is 4.17. The van der Waals surface area contributed by atoms with Gasteiger partial charge in [0.1, 0.15) is 5.88 Å². The van der Waals surface area contributed by atoms with Gasteiger partial charge in [0.25, 0.3) is 0 Å². The minimum Gasteiger partial charge on any atom is -0.308 e. The van der Waals surface area contributed by atoms with Crippen molar-refractivity contribution in [3.63, 3.8) is 0 Å². The third kappa shape index (κ3) is 2.72. The average Bonchev–Trinajstić information content (AvgIpc) is 2.59. The maximum atomic E-state index is 11.0. The third-order valence-electron chi connectivity index (χ3n) is 2.70. The van der Waals surface area contributed by atoms with Crippen LogP contribution in [0.1, 0.15) is 19.3 Å². The number of carbonyl (C=O) groups is 1. The number of hydrogen-bond donors (Lipinski definition) is 1. The van der Waals surface area contributed by atoms with E-state index in [4.69, 9.17) is 11.6 Å². The summed E-state index contributed by atoms with van der Waals surface area (Å²) in [4.78, 5) is 11.0. The Morgan fingerprint density at radius 2 is 2.47 bits per heavy atom. The molecule has 0 radical (unpaired) electrons. The number of halogens is 1. The summed E-state index contributed by atoms with van der Waals surface area (Å²) in [6, 6.07) is 1.79. The Bertz CT molecular complexity index is 346. The molecule has 0 spiro atoms. The summed E-state index contributed by atoms with van der Waals surface area (Å²) < 4.78 is 1.88. The molecule has 1 heterocycles. The van der Waals surface area contributed by atoms with Gasteiger partial charge in [0, 0.05) is 18.8 Å². The number of amides is 1. The van der Waals surface area contributed by atoms with E-state index in [0.29, 0.717) is 5.82 Å². The molecule has 15 heavy (non-hydrogen) atoms. The quantitative estimate of drug-likeness (QED) is 0.799. The molecular weight excluding hydrogens is 214 g/mol. The molecule has 1 aromatic rings. The number of nitrogens with zero attached hydrogens (tertiary/aromatic N) is 2. The predicted molar refractivity (Wildman–Crippen MR) is 58.9 cm³/mol. The molecule has 1 aliphatic rings. The summed E-state index contributed by atoms with van der Waals surface area (Å²) in [6.45, 7) is 0.955. The number of aromatic nitrogens is 2. The van der Waals surface area contributed by atoms with Gasteiger partial charge in [-0.25, -0.2) is 0 Å². The lowest BCUT2D eigenvalue weighted by Crippen LogP contribution is -2.19. The molecule has 0 bridgehead atoms. The Labute approximate surface area is 93.6 Å². The molecule has 1 fully saturated rings. The number of anilines is 1. The van der Waals surface area contributed by atoms with Crippen molar-refractivity contribution in [2.24, 2.45) is 5.92 Å². The number of hydrogen-bond acceptors (Lipinski definition) is 2. The Morgan fingerprint density at radius 1 is 1.67 bits per heavy atom. The zero-order valence-corrected chi connectivity index (χ0v) is 9.20. The van der Waals surface area contributed by atoms with Crippen LogP contribution in [0.4, 0.5) is 5.82 Å². The van der Waals surface area contributed by atoms with E-state index in [2.05, 4.69) is 10.4 Å². The van der Waals surface area contributed by atoms with Gasteiger partial charge in [-0.3, -0.25) is 9.48 Å². The van der Waals surface area contributed by atoms with Crippen molar-refractivity contribution in [1.82, 2.24) is 9.78 Å². The Balaban J connectivity index is 1.88. The van der Waals surface area contributed by atoms with Crippen LogP contribution in [-0.4, -0.2) is 21.6 Å². The minimum absolute atomic E-state index is 0.0323. The van der Waals surface area contributed by atoms with Crippen LogP contribution in [0, 0.1) is 5.92 Å². The van der Waals surface area contributed by atoms with Crippen molar-refractivity contribution in [1.29, 1.82) is 0 Å². The van der Waals surface area contributed by atoms with Crippen molar-refractivity contribution in [3.8, 4) is 0 Å². The summed E-state index contributed by atoms with van der Waals surface area (Å²) >= 11 is 5.38. The van der Waals surface area contributed by atoms with Gasteiger partial charge in [0.2, 0.25) is 5.91 Å². The monoisotopic (exact) mass is 227 g/mol. The van der Waals surface area contributed by atoms with Crippen molar-refractivity contribution < 1.29 is 4.79 Å². The minimum atomic E-state index is -0.217. The van der Waals surface area contributed by atoms with Crippen molar-refractivity contribution in [2.45, 2.75) is 25.8 Å². The van der Waals surface area contributed by atoms with E-state index in [0.717, 1.165) is 12.5 Å².